The summed E-state index contributed by atoms with van der Waals surface area (Å²) < 4.78 is 5.30. The van der Waals surface area contributed by atoms with Gasteiger partial charge in [-0.1, -0.05) is 30.3 Å². The summed E-state index contributed by atoms with van der Waals surface area (Å²) in [5, 5.41) is 7.03. The van der Waals surface area contributed by atoms with Crippen LogP contribution in [0.4, 0.5) is 0 Å². The zero-order valence-electron chi connectivity index (χ0n) is 17.0. The van der Waals surface area contributed by atoms with Crippen molar-refractivity contribution < 1.29 is 9.53 Å². The van der Waals surface area contributed by atoms with Gasteiger partial charge in [0, 0.05) is 11.9 Å². The van der Waals surface area contributed by atoms with Crippen LogP contribution in [0.3, 0.4) is 0 Å². The van der Waals surface area contributed by atoms with E-state index in [1.807, 2.05) is 23.6 Å². The number of methoxy groups -OCH3 is 1. The van der Waals surface area contributed by atoms with Gasteiger partial charge in [-0.2, -0.15) is 0 Å². The van der Waals surface area contributed by atoms with Crippen LogP contribution in [0.1, 0.15) is 30.9 Å². The van der Waals surface area contributed by atoms with Crippen molar-refractivity contribution in [3.63, 3.8) is 0 Å². The number of piperidine rings is 1. The highest BCUT2D eigenvalue weighted by Gasteiger charge is 2.23. The third kappa shape index (κ3) is 5.11. The van der Waals surface area contributed by atoms with Gasteiger partial charge in [-0.15, -0.1) is 11.3 Å². The van der Waals surface area contributed by atoms with E-state index in [1.165, 1.54) is 36.6 Å². The predicted molar refractivity (Wildman–Crippen MR) is 122 cm³/mol. The second-order valence-corrected chi connectivity index (χ2v) is 9.16. The zero-order chi connectivity index (χ0) is 20.8. The Morgan fingerprint density at radius 3 is 2.77 bits per heavy atom. The highest BCUT2D eigenvalue weighted by atomic mass is 32.2. The third-order valence-electron chi connectivity index (χ3n) is 5.39. The number of fused-ring (bicyclic) bond motifs is 1. The molecule has 30 heavy (non-hydrogen) atoms. The Morgan fingerprint density at radius 1 is 1.20 bits per heavy atom. The van der Waals surface area contributed by atoms with Gasteiger partial charge in [-0.25, -0.2) is 9.97 Å². The van der Waals surface area contributed by atoms with Gasteiger partial charge in [0.1, 0.15) is 21.9 Å². The lowest BCUT2D eigenvalue weighted by atomic mass is 10.0. The summed E-state index contributed by atoms with van der Waals surface area (Å²) in [6.07, 6.45) is 5.27. The lowest BCUT2D eigenvalue weighted by molar-refractivity contribution is -0.118. The van der Waals surface area contributed by atoms with Crippen LogP contribution in [0.5, 0.6) is 5.75 Å². The molecule has 1 saturated heterocycles. The van der Waals surface area contributed by atoms with E-state index in [0.717, 1.165) is 34.1 Å². The van der Waals surface area contributed by atoms with Crippen LogP contribution in [-0.2, 0) is 4.79 Å². The molecule has 0 bridgehead atoms. The average Bonchev–Trinajstić information content (AvgIpc) is 3.28. The number of carbonyl (C=O) groups excluding carboxylic acids is 1. The summed E-state index contributed by atoms with van der Waals surface area (Å²) in [6, 6.07) is 10.4. The van der Waals surface area contributed by atoms with E-state index in [4.69, 9.17) is 4.74 Å². The molecule has 1 atom stereocenters. The Bertz CT molecular complexity index is 971. The van der Waals surface area contributed by atoms with Crippen LogP contribution in [0, 0.1) is 0 Å². The number of rotatable bonds is 8. The van der Waals surface area contributed by atoms with Crippen LogP contribution >= 0.6 is 23.1 Å². The first-order chi connectivity index (χ1) is 14.7. The number of hydrogen-bond acceptors (Lipinski definition) is 7. The molecule has 158 valence electrons. The molecule has 3 aromatic rings. The van der Waals surface area contributed by atoms with Gasteiger partial charge in [0.05, 0.1) is 18.9 Å². The number of aromatic nitrogens is 2. The fourth-order valence-electron chi connectivity index (χ4n) is 3.79. The second-order valence-electron chi connectivity index (χ2n) is 7.30. The summed E-state index contributed by atoms with van der Waals surface area (Å²) in [5.74, 6) is 1.22. The highest BCUT2D eigenvalue weighted by molar-refractivity contribution is 8.00. The minimum atomic E-state index is 0.0255. The van der Waals surface area contributed by atoms with Crippen molar-refractivity contribution in [3.05, 3.63) is 47.6 Å². The maximum Gasteiger partial charge on any atom is 0.230 e. The minimum Gasteiger partial charge on any atom is -0.497 e. The SMILES string of the molecule is COc1ccc([C@@H](CNC(=O)CSc2ncnc3sccc23)N2CCCCC2)cc1. The van der Waals surface area contributed by atoms with Gasteiger partial charge in [0.15, 0.2) is 0 Å². The number of ether oxygens (including phenoxy) is 1. The topological polar surface area (TPSA) is 67.3 Å². The van der Waals surface area contributed by atoms with Crippen molar-refractivity contribution >= 4 is 39.2 Å². The standard InChI is InChI=1S/C22H26N4O2S2/c1-28-17-7-5-16(6-8-17)19(26-10-3-2-4-11-26)13-23-20(27)14-30-22-18-9-12-29-21(18)24-15-25-22/h5-9,12,15,19H,2-4,10-11,13-14H2,1H3,(H,23,27)/t19-/m1/s1. The van der Waals surface area contributed by atoms with E-state index in [2.05, 4.69) is 32.3 Å². The number of carbonyl (C=O) groups is 1. The third-order valence-corrected chi connectivity index (χ3v) is 7.22. The molecule has 8 heteroatoms. The van der Waals surface area contributed by atoms with E-state index in [9.17, 15) is 4.79 Å². The van der Waals surface area contributed by atoms with E-state index in [0.29, 0.717) is 12.3 Å². The molecule has 1 fully saturated rings. The Hall–Kier alpha value is -2.16. The Balaban J connectivity index is 1.38. The van der Waals surface area contributed by atoms with Gasteiger partial charge in [-0.05, 0) is 55.1 Å². The fraction of sp³-hybridized carbons (Fsp3) is 0.409. The minimum absolute atomic E-state index is 0.0255. The second kappa shape index (κ2) is 10.2. The molecule has 2 aromatic heterocycles. The molecule has 1 N–H and O–H groups in total. The number of benzene rings is 1. The monoisotopic (exact) mass is 442 g/mol. The highest BCUT2D eigenvalue weighted by Crippen LogP contribution is 2.28. The molecule has 4 rings (SSSR count). The van der Waals surface area contributed by atoms with Crippen molar-refractivity contribution in [1.29, 1.82) is 0 Å². The Labute approximate surface area is 185 Å². The number of amides is 1. The summed E-state index contributed by atoms with van der Waals surface area (Å²) >= 11 is 3.05. The number of hydrogen-bond donors (Lipinski definition) is 1. The lowest BCUT2D eigenvalue weighted by Crippen LogP contribution is -2.41. The van der Waals surface area contributed by atoms with Crippen molar-refractivity contribution in [2.45, 2.75) is 30.3 Å². The van der Waals surface area contributed by atoms with Gasteiger partial charge >= 0.3 is 0 Å². The largest absolute Gasteiger partial charge is 0.497 e. The molecular weight excluding hydrogens is 416 g/mol. The first kappa shape index (κ1) is 21.1. The molecule has 1 aromatic carbocycles. The molecule has 0 aliphatic carbocycles. The van der Waals surface area contributed by atoms with E-state index < -0.39 is 0 Å². The van der Waals surface area contributed by atoms with Crippen molar-refractivity contribution in [2.24, 2.45) is 0 Å². The zero-order valence-corrected chi connectivity index (χ0v) is 18.7. The maximum atomic E-state index is 12.6. The Kier molecular flexibility index (Phi) is 7.20. The van der Waals surface area contributed by atoms with E-state index in [-0.39, 0.29) is 11.9 Å². The van der Waals surface area contributed by atoms with Crippen LogP contribution in [-0.4, -0.2) is 53.3 Å². The van der Waals surface area contributed by atoms with Crippen molar-refractivity contribution in [1.82, 2.24) is 20.2 Å². The van der Waals surface area contributed by atoms with Gasteiger partial charge in [-0.3, -0.25) is 9.69 Å². The molecule has 1 aliphatic rings. The van der Waals surface area contributed by atoms with Crippen LogP contribution < -0.4 is 10.1 Å². The number of likely N-dealkylation sites (tertiary alicyclic amines) is 1. The average molecular weight is 443 g/mol. The van der Waals surface area contributed by atoms with Gasteiger partial charge in [0.2, 0.25) is 5.91 Å². The molecule has 0 radical (unpaired) electrons. The number of thiophene rings is 1. The molecule has 6 nitrogen and oxygen atoms in total. The molecule has 0 unspecified atom stereocenters. The maximum absolute atomic E-state index is 12.6. The first-order valence-electron chi connectivity index (χ1n) is 10.2. The summed E-state index contributed by atoms with van der Waals surface area (Å²) in [4.78, 5) is 24.6. The lowest BCUT2D eigenvalue weighted by Gasteiger charge is -2.35. The van der Waals surface area contributed by atoms with Crippen LogP contribution in [0.2, 0.25) is 0 Å². The van der Waals surface area contributed by atoms with Crippen LogP contribution in [0.25, 0.3) is 10.2 Å². The molecule has 0 spiro atoms. The Morgan fingerprint density at radius 2 is 2.00 bits per heavy atom. The normalized spacial score (nSPS) is 15.8. The molecule has 0 saturated carbocycles. The number of thioether (sulfide) groups is 1. The molecule has 3 heterocycles. The smallest absolute Gasteiger partial charge is 0.230 e. The predicted octanol–water partition coefficient (Wildman–Crippen LogP) is 4.14. The van der Waals surface area contributed by atoms with E-state index in [1.54, 1.807) is 24.8 Å². The fourth-order valence-corrected chi connectivity index (χ4v) is 5.40. The molecule has 1 aliphatic heterocycles. The first-order valence-corrected chi connectivity index (χ1v) is 12.1. The van der Waals surface area contributed by atoms with Gasteiger partial charge < -0.3 is 10.1 Å². The van der Waals surface area contributed by atoms with E-state index >= 15 is 0 Å². The van der Waals surface area contributed by atoms with Crippen molar-refractivity contribution in [2.75, 3.05) is 32.5 Å². The summed E-state index contributed by atoms with van der Waals surface area (Å²) in [6.45, 7) is 2.74. The van der Waals surface area contributed by atoms with Gasteiger partial charge in [0.25, 0.3) is 0 Å². The number of nitrogens with zero attached hydrogens (tertiary/aromatic N) is 3. The quantitative estimate of drug-likeness (QED) is 0.418. The van der Waals surface area contributed by atoms with Crippen LogP contribution in [0.15, 0.2) is 47.1 Å². The molecular formula is C22H26N4O2S2. The summed E-state index contributed by atoms with van der Waals surface area (Å²) in [5.41, 5.74) is 1.21. The number of nitrogens with one attached hydrogen (secondary N) is 1. The summed E-state index contributed by atoms with van der Waals surface area (Å²) in [7, 11) is 1.68. The molecule has 1 amide bonds. The van der Waals surface area contributed by atoms with Crippen molar-refractivity contribution in [3.8, 4) is 5.75 Å².